The minimum atomic E-state index is -5.02. The molecule has 0 atom stereocenters. The van der Waals surface area contributed by atoms with Gasteiger partial charge in [0.05, 0.1) is 29.2 Å². The first-order chi connectivity index (χ1) is 16.2. The third kappa shape index (κ3) is 7.06. The number of allylic oxidation sites excluding steroid dienone is 1. The molecule has 2 heterocycles. The number of aromatic amines is 1. The van der Waals surface area contributed by atoms with Gasteiger partial charge in [-0.1, -0.05) is 0 Å². The van der Waals surface area contributed by atoms with Crippen LogP contribution in [0.4, 0.5) is 18.9 Å². The van der Waals surface area contributed by atoms with Crippen LogP contribution in [0, 0.1) is 5.41 Å². The van der Waals surface area contributed by atoms with Crippen LogP contribution < -0.4 is 21.3 Å². The second-order valence-corrected chi connectivity index (χ2v) is 9.80. The fraction of sp³-hybridized carbons (Fsp3) is 0.435. The molecule has 1 aliphatic heterocycles. The second-order valence-electron chi connectivity index (χ2n) is 9.80. The van der Waals surface area contributed by atoms with Crippen molar-refractivity contribution < 1.29 is 23.1 Å². The van der Waals surface area contributed by atoms with Gasteiger partial charge in [0, 0.05) is 22.8 Å². The Morgan fingerprint density at radius 3 is 2.43 bits per heavy atom. The summed E-state index contributed by atoms with van der Waals surface area (Å²) in [6.45, 7) is 8.32. The summed E-state index contributed by atoms with van der Waals surface area (Å²) in [5.74, 6) is -0.528. The highest BCUT2D eigenvalue weighted by Gasteiger charge is 2.37. The summed E-state index contributed by atoms with van der Waals surface area (Å²) >= 11 is 0. The number of nitrogens with two attached hydrogens (primary N) is 1. The van der Waals surface area contributed by atoms with E-state index < -0.39 is 12.1 Å². The largest absolute Gasteiger partial charge is 0.573 e. The van der Waals surface area contributed by atoms with Crippen LogP contribution in [0.1, 0.15) is 46.1 Å². The van der Waals surface area contributed by atoms with Crippen molar-refractivity contribution in [3.05, 3.63) is 42.2 Å². The van der Waals surface area contributed by atoms with Crippen LogP contribution in [0.15, 0.2) is 41.7 Å². The van der Waals surface area contributed by atoms with Crippen molar-refractivity contribution in [3.8, 4) is 16.9 Å². The number of H-pyrrole nitrogens is 1. The maximum absolute atomic E-state index is 13.1. The molecule has 0 amide bonds. The molecule has 9 nitrogen and oxygen atoms in total. The Kier molecular flexibility index (Phi) is 7.27. The van der Waals surface area contributed by atoms with E-state index in [0.717, 1.165) is 18.9 Å². The van der Waals surface area contributed by atoms with E-state index in [1.807, 2.05) is 5.48 Å². The Morgan fingerprint density at radius 2 is 1.89 bits per heavy atom. The van der Waals surface area contributed by atoms with Gasteiger partial charge in [-0.05, 0) is 70.4 Å². The van der Waals surface area contributed by atoms with E-state index in [1.165, 1.54) is 30.6 Å². The maximum Gasteiger partial charge on any atom is 0.573 e. The highest BCUT2D eigenvalue weighted by molar-refractivity contribution is 6.14. The molecule has 0 spiro atoms. The molecule has 1 aliphatic rings. The third-order valence-electron chi connectivity index (χ3n) is 5.47. The fourth-order valence-corrected chi connectivity index (χ4v) is 4.63. The van der Waals surface area contributed by atoms with E-state index in [-0.39, 0.29) is 45.5 Å². The van der Waals surface area contributed by atoms with Crippen molar-refractivity contribution in [2.45, 2.75) is 64.0 Å². The summed E-state index contributed by atoms with van der Waals surface area (Å²) in [5.41, 5.74) is 7.55. The molecule has 1 aromatic carbocycles. The quantitative estimate of drug-likeness (QED) is 0.192. The molecule has 2 aromatic rings. The van der Waals surface area contributed by atoms with Gasteiger partial charge in [-0.3, -0.25) is 20.8 Å². The van der Waals surface area contributed by atoms with Crippen molar-refractivity contribution in [2.75, 3.05) is 5.48 Å². The highest BCUT2D eigenvalue weighted by atomic mass is 19.4. The number of halogens is 3. The van der Waals surface area contributed by atoms with Crippen LogP contribution >= 0.6 is 0 Å². The smallest absolute Gasteiger partial charge is 0.405 e. The third-order valence-corrected chi connectivity index (χ3v) is 5.47. The van der Waals surface area contributed by atoms with Gasteiger partial charge in [-0.2, -0.15) is 5.10 Å². The molecule has 1 fully saturated rings. The van der Waals surface area contributed by atoms with Gasteiger partial charge in [0.2, 0.25) is 0 Å². The van der Waals surface area contributed by atoms with Gasteiger partial charge in [-0.25, -0.2) is 0 Å². The van der Waals surface area contributed by atoms with E-state index in [0.29, 0.717) is 5.56 Å². The number of anilines is 1. The highest BCUT2D eigenvalue weighted by Crippen LogP contribution is 2.37. The van der Waals surface area contributed by atoms with Crippen molar-refractivity contribution in [1.82, 2.24) is 15.5 Å². The predicted molar refractivity (Wildman–Crippen MR) is 128 cm³/mol. The summed E-state index contributed by atoms with van der Waals surface area (Å²) in [7, 11) is 0. The zero-order chi connectivity index (χ0) is 26.0. The molecule has 12 heteroatoms. The van der Waals surface area contributed by atoms with Crippen LogP contribution in [0.2, 0.25) is 0 Å². The summed E-state index contributed by atoms with van der Waals surface area (Å²) in [6, 6.07) is 2.43. The molecule has 35 heavy (non-hydrogen) atoms. The van der Waals surface area contributed by atoms with Crippen LogP contribution in [0.3, 0.4) is 0 Å². The van der Waals surface area contributed by atoms with E-state index in [9.17, 15) is 18.4 Å². The van der Waals surface area contributed by atoms with Crippen molar-refractivity contribution >= 4 is 17.2 Å². The molecule has 1 saturated heterocycles. The molecular formula is C23H30F3N7O2. The first kappa shape index (κ1) is 26.2. The molecule has 7 N–H and O–H groups in total. The molecule has 0 saturated carbocycles. The van der Waals surface area contributed by atoms with Crippen molar-refractivity contribution in [1.29, 1.82) is 5.41 Å². The van der Waals surface area contributed by atoms with E-state index in [2.05, 4.69) is 52.9 Å². The number of piperidine rings is 1. The topological polar surface area (TPSA) is 144 Å². The molecule has 0 radical (unpaired) electrons. The number of amidine groups is 1. The summed E-state index contributed by atoms with van der Waals surface area (Å²) in [4.78, 5) is 4.55. The number of nitrogens with zero attached hydrogens (tertiary/aromatic N) is 2. The zero-order valence-electron chi connectivity index (χ0n) is 19.9. The van der Waals surface area contributed by atoms with Crippen molar-refractivity contribution in [3.63, 3.8) is 0 Å². The zero-order valence-corrected chi connectivity index (χ0v) is 19.9. The average molecular weight is 494 g/mol. The number of benzene rings is 1. The maximum atomic E-state index is 13.1. The van der Waals surface area contributed by atoms with E-state index >= 15 is 0 Å². The molecular weight excluding hydrogens is 463 g/mol. The monoisotopic (exact) mass is 493 g/mol. The predicted octanol–water partition coefficient (Wildman–Crippen LogP) is 4.37. The van der Waals surface area contributed by atoms with Crippen LogP contribution in [0.5, 0.6) is 5.75 Å². The number of alkyl halides is 3. The average Bonchev–Trinajstić information content (AvgIpc) is 3.22. The van der Waals surface area contributed by atoms with Gasteiger partial charge in [0.15, 0.2) is 0 Å². The summed E-state index contributed by atoms with van der Waals surface area (Å²) < 4.78 is 43.6. The minimum absolute atomic E-state index is 0.0619. The number of ether oxygens (including phenoxy) is 1. The van der Waals surface area contributed by atoms with Gasteiger partial charge < -0.3 is 21.2 Å². The molecule has 3 rings (SSSR count). The first-order valence-corrected chi connectivity index (χ1v) is 10.9. The van der Waals surface area contributed by atoms with E-state index in [1.54, 1.807) is 0 Å². The lowest BCUT2D eigenvalue weighted by Gasteiger charge is -2.45. The normalized spacial score (nSPS) is 18.6. The Bertz CT molecular complexity index is 1110. The Hall–Kier alpha value is -3.38. The van der Waals surface area contributed by atoms with Gasteiger partial charge in [-0.15, -0.1) is 13.2 Å². The lowest BCUT2D eigenvalue weighted by Crippen LogP contribution is -2.59. The molecule has 0 aliphatic carbocycles. The van der Waals surface area contributed by atoms with Gasteiger partial charge >= 0.3 is 6.36 Å². The van der Waals surface area contributed by atoms with Crippen molar-refractivity contribution in [2.24, 2.45) is 10.7 Å². The summed E-state index contributed by atoms with van der Waals surface area (Å²) in [5, 5.41) is 27.9. The number of nitrogens with one attached hydrogen (secondary N) is 4. The Balaban J connectivity index is 1.92. The number of rotatable bonds is 7. The SMILES string of the molecule is CC1(C)CC(N=C(N)C=CC(=N)c2c(NO)cc(-c3cn[nH]c3)cc2OC(F)(F)F)CC(C)(C)N1. The standard InChI is InChI=1S/C23H30F3N7O2/c1-21(2)9-15(10-22(3,4)33-21)31-19(28)6-5-16(27)20-17(32-34)7-13(14-11-29-30-12-14)8-18(20)35-23(24,25)26/h5-8,11-12,15,27,32-34H,9-10H2,1-4H3,(H2,28,31)(H,29,30). The van der Waals surface area contributed by atoms with E-state index in [4.69, 9.17) is 11.1 Å². The number of aliphatic imine (C=N–C) groups is 1. The Morgan fingerprint density at radius 1 is 1.23 bits per heavy atom. The molecule has 0 unspecified atom stereocenters. The lowest BCUT2D eigenvalue weighted by molar-refractivity contribution is -0.274. The number of hydrogen-bond acceptors (Lipinski definition) is 7. The van der Waals surface area contributed by atoms with Gasteiger partial charge in [0.1, 0.15) is 11.6 Å². The van der Waals surface area contributed by atoms with Crippen LogP contribution in [-0.4, -0.2) is 50.4 Å². The lowest BCUT2D eigenvalue weighted by atomic mass is 9.80. The molecule has 190 valence electrons. The molecule has 0 bridgehead atoms. The van der Waals surface area contributed by atoms with Crippen LogP contribution in [-0.2, 0) is 0 Å². The fourth-order valence-electron chi connectivity index (χ4n) is 4.63. The Labute approximate surface area is 201 Å². The second kappa shape index (κ2) is 9.70. The number of hydrogen-bond donors (Lipinski definition) is 6. The number of aromatic nitrogens is 2. The molecule has 1 aromatic heterocycles. The first-order valence-electron chi connectivity index (χ1n) is 10.9. The summed E-state index contributed by atoms with van der Waals surface area (Å²) in [6.07, 6.45) is 1.92. The van der Waals surface area contributed by atoms with Crippen LogP contribution in [0.25, 0.3) is 11.1 Å². The van der Waals surface area contributed by atoms with Gasteiger partial charge in [0.25, 0.3) is 0 Å². The minimum Gasteiger partial charge on any atom is -0.405 e.